The highest BCUT2D eigenvalue weighted by Crippen LogP contribution is 2.25. The zero-order chi connectivity index (χ0) is 12.7. The Morgan fingerprint density at radius 3 is 2.88 bits per heavy atom. The summed E-state index contributed by atoms with van der Waals surface area (Å²) in [7, 11) is 0. The molecule has 0 unspecified atom stereocenters. The van der Waals surface area contributed by atoms with Gasteiger partial charge in [0.2, 0.25) is 0 Å². The number of nitriles is 1. The van der Waals surface area contributed by atoms with Crippen LogP contribution < -0.4 is 5.73 Å². The Morgan fingerprint density at radius 2 is 2.24 bits per heavy atom. The van der Waals surface area contributed by atoms with E-state index in [1.807, 2.05) is 26.0 Å². The van der Waals surface area contributed by atoms with Gasteiger partial charge in [-0.2, -0.15) is 5.26 Å². The largest absolute Gasteiger partial charge is 0.397 e. The third-order valence-electron chi connectivity index (χ3n) is 2.54. The Balaban J connectivity index is 2.22. The molecule has 0 aliphatic heterocycles. The minimum absolute atomic E-state index is 0.200. The normalized spacial score (nSPS) is 11.1. The van der Waals surface area contributed by atoms with Crippen LogP contribution in [0, 0.1) is 16.7 Å². The number of unbranched alkanes of at least 4 members (excludes halogenated alkanes) is 1. The molecule has 92 valence electrons. The molecule has 0 saturated heterocycles. The first kappa shape index (κ1) is 13.9. The van der Waals surface area contributed by atoms with Crippen LogP contribution >= 0.6 is 11.8 Å². The molecule has 1 heterocycles. The third-order valence-corrected chi connectivity index (χ3v) is 3.65. The first-order valence-corrected chi connectivity index (χ1v) is 6.78. The minimum atomic E-state index is -0.200. The van der Waals surface area contributed by atoms with Gasteiger partial charge in [-0.1, -0.05) is 6.42 Å². The van der Waals surface area contributed by atoms with E-state index in [9.17, 15) is 0 Å². The van der Waals surface area contributed by atoms with Gasteiger partial charge in [0.1, 0.15) is 5.03 Å². The lowest BCUT2D eigenvalue weighted by molar-refractivity contribution is 0.433. The summed E-state index contributed by atoms with van der Waals surface area (Å²) < 4.78 is 0. The van der Waals surface area contributed by atoms with E-state index >= 15 is 0 Å². The summed E-state index contributed by atoms with van der Waals surface area (Å²) in [5, 5.41) is 9.79. The average molecular weight is 249 g/mol. The Morgan fingerprint density at radius 1 is 1.47 bits per heavy atom. The van der Waals surface area contributed by atoms with E-state index in [0.717, 1.165) is 35.7 Å². The van der Waals surface area contributed by atoms with Gasteiger partial charge >= 0.3 is 0 Å². The van der Waals surface area contributed by atoms with E-state index in [4.69, 9.17) is 11.0 Å². The van der Waals surface area contributed by atoms with Crippen molar-refractivity contribution >= 4 is 17.4 Å². The van der Waals surface area contributed by atoms with Crippen molar-refractivity contribution < 1.29 is 0 Å². The number of pyridine rings is 1. The van der Waals surface area contributed by atoms with Gasteiger partial charge in [0, 0.05) is 6.20 Å². The van der Waals surface area contributed by atoms with Gasteiger partial charge in [-0.15, -0.1) is 11.8 Å². The first-order chi connectivity index (χ1) is 8.05. The molecule has 0 aromatic carbocycles. The van der Waals surface area contributed by atoms with Crippen LogP contribution in [0.4, 0.5) is 5.69 Å². The zero-order valence-corrected chi connectivity index (χ0v) is 11.3. The van der Waals surface area contributed by atoms with Gasteiger partial charge in [-0.05, 0) is 44.6 Å². The Hall–Kier alpha value is -1.21. The lowest BCUT2D eigenvalue weighted by Crippen LogP contribution is -2.07. The zero-order valence-electron chi connectivity index (χ0n) is 10.4. The lowest BCUT2D eigenvalue weighted by Gasteiger charge is -2.14. The molecule has 0 bridgehead atoms. The standard InChI is InChI=1S/C13H19N3S/c1-13(2,10-14)7-3-4-9-17-12-11(15)6-5-8-16-12/h5-6,8H,3-4,7,9,15H2,1-2H3. The van der Waals surface area contributed by atoms with Crippen LogP contribution in [-0.4, -0.2) is 10.7 Å². The third kappa shape index (κ3) is 5.10. The van der Waals surface area contributed by atoms with Crippen LogP contribution in [0.1, 0.15) is 33.1 Å². The Labute approximate surface area is 107 Å². The molecular weight excluding hydrogens is 230 g/mol. The van der Waals surface area contributed by atoms with Crippen molar-refractivity contribution in [1.29, 1.82) is 5.26 Å². The molecule has 0 radical (unpaired) electrons. The van der Waals surface area contributed by atoms with Crippen molar-refractivity contribution in [2.24, 2.45) is 5.41 Å². The van der Waals surface area contributed by atoms with Gasteiger partial charge in [0.15, 0.2) is 0 Å². The number of nitrogens with two attached hydrogens (primary N) is 1. The van der Waals surface area contributed by atoms with Crippen LogP contribution in [0.15, 0.2) is 23.4 Å². The fourth-order valence-electron chi connectivity index (χ4n) is 1.42. The van der Waals surface area contributed by atoms with Crippen LogP contribution in [0.25, 0.3) is 0 Å². The van der Waals surface area contributed by atoms with Crippen LogP contribution in [0.5, 0.6) is 0 Å². The van der Waals surface area contributed by atoms with E-state index in [-0.39, 0.29) is 5.41 Å². The molecule has 1 aromatic heterocycles. The fourth-order valence-corrected chi connectivity index (χ4v) is 2.33. The molecule has 1 aromatic rings. The van der Waals surface area contributed by atoms with E-state index in [0.29, 0.717) is 0 Å². The van der Waals surface area contributed by atoms with Crippen molar-refractivity contribution in [1.82, 2.24) is 4.98 Å². The molecule has 0 aliphatic rings. The lowest BCUT2D eigenvalue weighted by atomic mass is 9.89. The molecule has 0 aliphatic carbocycles. The summed E-state index contributed by atoms with van der Waals surface area (Å²) in [6, 6.07) is 6.03. The Kier molecular flexibility index (Phi) is 5.30. The molecule has 2 N–H and O–H groups in total. The highest BCUT2D eigenvalue weighted by Gasteiger charge is 2.15. The number of hydrogen-bond donors (Lipinski definition) is 1. The molecule has 3 nitrogen and oxygen atoms in total. The number of hydrogen-bond acceptors (Lipinski definition) is 4. The quantitative estimate of drug-likeness (QED) is 0.619. The molecule has 0 atom stereocenters. The molecule has 0 fully saturated rings. The average Bonchev–Trinajstić information content (AvgIpc) is 2.31. The van der Waals surface area contributed by atoms with E-state index < -0.39 is 0 Å². The summed E-state index contributed by atoms with van der Waals surface area (Å²) in [6.07, 6.45) is 4.87. The van der Waals surface area contributed by atoms with Gasteiger partial charge in [-0.25, -0.2) is 4.98 Å². The van der Waals surface area contributed by atoms with Crippen molar-refractivity contribution in [3.63, 3.8) is 0 Å². The molecule has 0 amide bonds. The number of anilines is 1. The Bertz CT molecular complexity index is 396. The molecule has 17 heavy (non-hydrogen) atoms. The summed E-state index contributed by atoms with van der Waals surface area (Å²) >= 11 is 1.69. The fraction of sp³-hybridized carbons (Fsp3) is 0.538. The second-order valence-electron chi connectivity index (χ2n) is 4.70. The molecule has 0 spiro atoms. The molecule has 1 rings (SSSR count). The number of nitrogens with zero attached hydrogens (tertiary/aromatic N) is 2. The minimum Gasteiger partial charge on any atom is -0.397 e. The number of rotatable bonds is 6. The second-order valence-corrected chi connectivity index (χ2v) is 5.78. The van der Waals surface area contributed by atoms with Gasteiger partial charge < -0.3 is 5.73 Å². The van der Waals surface area contributed by atoms with Crippen LogP contribution in [0.3, 0.4) is 0 Å². The van der Waals surface area contributed by atoms with Gasteiger partial charge in [0.25, 0.3) is 0 Å². The van der Waals surface area contributed by atoms with Crippen molar-refractivity contribution in [3.8, 4) is 6.07 Å². The summed E-state index contributed by atoms with van der Waals surface area (Å²) in [4.78, 5) is 4.23. The maximum Gasteiger partial charge on any atom is 0.119 e. The SMILES string of the molecule is CC(C)(C#N)CCCCSc1ncccc1N. The summed E-state index contributed by atoms with van der Waals surface area (Å²) in [5.41, 5.74) is 6.35. The summed E-state index contributed by atoms with van der Waals surface area (Å²) in [5.74, 6) is 1.00. The van der Waals surface area contributed by atoms with Gasteiger partial charge in [-0.3, -0.25) is 0 Å². The van der Waals surface area contributed by atoms with Crippen molar-refractivity contribution in [3.05, 3.63) is 18.3 Å². The maximum atomic E-state index is 8.88. The van der Waals surface area contributed by atoms with E-state index in [1.165, 1.54) is 0 Å². The maximum absolute atomic E-state index is 8.88. The monoisotopic (exact) mass is 249 g/mol. The molecular formula is C13H19N3S. The van der Waals surface area contributed by atoms with Crippen LogP contribution in [-0.2, 0) is 0 Å². The topological polar surface area (TPSA) is 62.7 Å². The first-order valence-electron chi connectivity index (χ1n) is 5.80. The van der Waals surface area contributed by atoms with E-state index in [2.05, 4.69) is 11.1 Å². The van der Waals surface area contributed by atoms with E-state index in [1.54, 1.807) is 18.0 Å². The van der Waals surface area contributed by atoms with Crippen molar-refractivity contribution in [2.45, 2.75) is 38.1 Å². The van der Waals surface area contributed by atoms with Gasteiger partial charge in [0.05, 0.1) is 17.2 Å². The molecule has 4 heteroatoms. The number of nitrogen functional groups attached to an aromatic ring is 1. The summed E-state index contributed by atoms with van der Waals surface area (Å²) in [6.45, 7) is 3.97. The van der Waals surface area contributed by atoms with Crippen molar-refractivity contribution in [2.75, 3.05) is 11.5 Å². The smallest absolute Gasteiger partial charge is 0.119 e. The predicted molar refractivity (Wildman–Crippen MR) is 72.6 cm³/mol. The second kappa shape index (κ2) is 6.51. The number of thioether (sulfide) groups is 1. The number of aromatic nitrogens is 1. The highest BCUT2D eigenvalue weighted by molar-refractivity contribution is 7.99. The highest BCUT2D eigenvalue weighted by atomic mass is 32.2. The predicted octanol–water partition coefficient (Wildman–Crippen LogP) is 3.48. The molecule has 0 saturated carbocycles. The van der Waals surface area contributed by atoms with Crippen LogP contribution in [0.2, 0.25) is 0 Å².